The Balaban J connectivity index is 2.01. The number of carbonyl (C=O) groups excluding carboxylic acids is 1. The highest BCUT2D eigenvalue weighted by Gasteiger charge is 2.45. The minimum Gasteiger partial charge on any atom is -0.386 e. The zero-order valence-corrected chi connectivity index (χ0v) is 11.8. The first-order chi connectivity index (χ1) is 8.46. The molecule has 0 aliphatic carbocycles. The third kappa shape index (κ3) is 2.40. The summed E-state index contributed by atoms with van der Waals surface area (Å²) in [7, 11) is 0. The zero-order valence-electron chi connectivity index (χ0n) is 11.0. The summed E-state index contributed by atoms with van der Waals surface area (Å²) in [6.07, 6.45) is 2.01. The van der Waals surface area contributed by atoms with E-state index in [0.29, 0.717) is 18.7 Å². The second-order valence-electron chi connectivity index (χ2n) is 5.15. The summed E-state index contributed by atoms with van der Waals surface area (Å²) in [5.41, 5.74) is -0.00638. The van der Waals surface area contributed by atoms with Crippen LogP contribution in [0.3, 0.4) is 0 Å². The average Bonchev–Trinajstić information content (AvgIpc) is 2.34. The lowest BCUT2D eigenvalue weighted by Crippen LogP contribution is -2.65. The lowest BCUT2D eigenvalue weighted by atomic mass is 9.82. The average molecular weight is 265 g/mol. The third-order valence-corrected chi connectivity index (χ3v) is 4.37. The van der Waals surface area contributed by atoms with E-state index in [2.05, 4.69) is 0 Å². The number of carbonyl (C=O) groups is 1. The number of hydrogen-bond acceptors (Lipinski definition) is 3. The maximum Gasteiger partial charge on any atom is 0.254 e. The summed E-state index contributed by atoms with van der Waals surface area (Å²) in [5.74, 6) is 0.188. The number of thioether (sulfide) groups is 1. The Kier molecular flexibility index (Phi) is 3.69. The Morgan fingerprint density at radius 2 is 1.89 bits per heavy atom. The van der Waals surface area contributed by atoms with E-state index in [0.717, 1.165) is 4.90 Å². The molecule has 1 aliphatic heterocycles. The van der Waals surface area contributed by atoms with Gasteiger partial charge < -0.3 is 10.0 Å². The molecule has 1 aromatic carbocycles. The molecule has 1 amide bonds. The lowest BCUT2D eigenvalue weighted by Gasteiger charge is -2.49. The van der Waals surface area contributed by atoms with Crippen LogP contribution in [0.15, 0.2) is 29.2 Å². The van der Waals surface area contributed by atoms with E-state index in [1.165, 1.54) is 0 Å². The molecule has 1 fully saturated rings. The van der Waals surface area contributed by atoms with Crippen LogP contribution >= 0.6 is 11.8 Å². The summed E-state index contributed by atoms with van der Waals surface area (Å²) in [6.45, 7) is 4.84. The maximum absolute atomic E-state index is 12.1. The van der Waals surface area contributed by atoms with Crippen LogP contribution in [0.25, 0.3) is 0 Å². The van der Waals surface area contributed by atoms with E-state index in [1.807, 2.05) is 44.4 Å². The Labute approximate surface area is 112 Å². The number of rotatable bonds is 3. The van der Waals surface area contributed by atoms with Crippen molar-refractivity contribution in [3.8, 4) is 0 Å². The van der Waals surface area contributed by atoms with Gasteiger partial charge in [0.05, 0.1) is 13.1 Å². The van der Waals surface area contributed by atoms with Crippen LogP contribution < -0.4 is 0 Å². The summed E-state index contributed by atoms with van der Waals surface area (Å²) in [6, 6.07) is 7.60. The third-order valence-electron chi connectivity index (χ3n) is 3.63. The van der Waals surface area contributed by atoms with Crippen molar-refractivity contribution in [2.24, 2.45) is 5.92 Å². The van der Waals surface area contributed by atoms with Crippen LogP contribution in [0, 0.1) is 5.92 Å². The van der Waals surface area contributed by atoms with Gasteiger partial charge in [-0.15, -0.1) is 11.8 Å². The number of nitrogens with zero attached hydrogens (tertiary/aromatic N) is 1. The van der Waals surface area contributed by atoms with Gasteiger partial charge in [0, 0.05) is 10.5 Å². The molecule has 0 unspecified atom stereocenters. The number of likely N-dealkylation sites (tertiary alicyclic amines) is 1. The molecular weight excluding hydrogens is 246 g/mol. The predicted octanol–water partition coefficient (Wildman–Crippen LogP) is 2.25. The van der Waals surface area contributed by atoms with Crippen molar-refractivity contribution >= 4 is 17.7 Å². The fourth-order valence-corrected chi connectivity index (χ4v) is 2.45. The van der Waals surface area contributed by atoms with E-state index >= 15 is 0 Å². The van der Waals surface area contributed by atoms with Gasteiger partial charge in [0.2, 0.25) is 0 Å². The van der Waals surface area contributed by atoms with E-state index in [9.17, 15) is 9.90 Å². The van der Waals surface area contributed by atoms with Crippen molar-refractivity contribution < 1.29 is 9.90 Å². The maximum atomic E-state index is 12.1. The molecule has 3 nitrogen and oxygen atoms in total. The van der Waals surface area contributed by atoms with Crippen LogP contribution in [0.2, 0.25) is 0 Å². The van der Waals surface area contributed by atoms with Gasteiger partial charge in [-0.2, -0.15) is 0 Å². The first-order valence-corrected chi connectivity index (χ1v) is 7.34. The molecule has 1 heterocycles. The van der Waals surface area contributed by atoms with Crippen molar-refractivity contribution in [2.45, 2.75) is 24.3 Å². The van der Waals surface area contributed by atoms with Gasteiger partial charge in [0.25, 0.3) is 5.91 Å². The smallest absolute Gasteiger partial charge is 0.254 e. The monoisotopic (exact) mass is 265 g/mol. The summed E-state index contributed by atoms with van der Waals surface area (Å²) in [5, 5.41) is 10.1. The molecule has 0 atom stereocenters. The minimum atomic E-state index is -0.700. The van der Waals surface area contributed by atoms with Gasteiger partial charge in [-0.25, -0.2) is 0 Å². The summed E-state index contributed by atoms with van der Waals surface area (Å²) >= 11 is 1.66. The second kappa shape index (κ2) is 4.94. The first-order valence-electron chi connectivity index (χ1n) is 6.12. The van der Waals surface area contributed by atoms with Gasteiger partial charge in [0.15, 0.2) is 0 Å². The molecule has 1 aliphatic rings. The SMILES string of the molecule is CSc1ccc(C(=O)N2CC(O)(C(C)C)C2)cc1. The van der Waals surface area contributed by atoms with E-state index in [-0.39, 0.29) is 11.8 Å². The normalized spacial score (nSPS) is 17.7. The quantitative estimate of drug-likeness (QED) is 0.852. The Morgan fingerprint density at radius 3 is 2.33 bits per heavy atom. The fourth-order valence-electron chi connectivity index (χ4n) is 2.04. The van der Waals surface area contributed by atoms with Gasteiger partial charge in [-0.05, 0) is 36.4 Å². The molecule has 2 rings (SSSR count). The molecule has 0 aromatic heterocycles. The summed E-state index contributed by atoms with van der Waals surface area (Å²) in [4.78, 5) is 15.0. The van der Waals surface area contributed by atoms with Crippen molar-refractivity contribution in [3.63, 3.8) is 0 Å². The van der Waals surface area contributed by atoms with Gasteiger partial charge in [0.1, 0.15) is 5.60 Å². The Morgan fingerprint density at radius 1 is 1.33 bits per heavy atom. The Bertz CT molecular complexity index is 436. The van der Waals surface area contributed by atoms with Crippen molar-refractivity contribution in [1.29, 1.82) is 0 Å². The van der Waals surface area contributed by atoms with E-state index in [1.54, 1.807) is 16.7 Å². The predicted molar refractivity (Wildman–Crippen MR) is 73.9 cm³/mol. The van der Waals surface area contributed by atoms with Crippen LogP contribution in [-0.2, 0) is 0 Å². The molecule has 1 aromatic rings. The topological polar surface area (TPSA) is 40.5 Å². The largest absolute Gasteiger partial charge is 0.386 e. The minimum absolute atomic E-state index is 0.00739. The van der Waals surface area contributed by atoms with Gasteiger partial charge >= 0.3 is 0 Å². The number of β-amino-alcohol motifs (C(OH)–C–C–N with tert-alkyl or cyclic N) is 1. The van der Waals surface area contributed by atoms with Crippen LogP contribution in [0.4, 0.5) is 0 Å². The van der Waals surface area contributed by atoms with E-state index < -0.39 is 5.60 Å². The number of aliphatic hydroxyl groups is 1. The molecule has 0 saturated carbocycles. The van der Waals surface area contributed by atoms with Crippen LogP contribution in [-0.4, -0.2) is 40.9 Å². The van der Waals surface area contributed by atoms with Gasteiger partial charge in [-0.1, -0.05) is 13.8 Å². The van der Waals surface area contributed by atoms with Crippen molar-refractivity contribution in [3.05, 3.63) is 29.8 Å². The molecule has 0 bridgehead atoms. The molecule has 1 saturated heterocycles. The number of benzene rings is 1. The standard InChI is InChI=1S/C14H19NO2S/c1-10(2)14(17)8-15(9-14)13(16)11-4-6-12(18-3)7-5-11/h4-7,10,17H,8-9H2,1-3H3. The molecule has 1 N–H and O–H groups in total. The van der Waals surface area contributed by atoms with E-state index in [4.69, 9.17) is 0 Å². The van der Waals surface area contributed by atoms with Gasteiger partial charge in [-0.3, -0.25) is 4.79 Å². The molecular formula is C14H19NO2S. The number of amides is 1. The van der Waals surface area contributed by atoms with Crippen LogP contribution in [0.1, 0.15) is 24.2 Å². The molecule has 0 radical (unpaired) electrons. The van der Waals surface area contributed by atoms with Crippen LogP contribution in [0.5, 0.6) is 0 Å². The van der Waals surface area contributed by atoms with Crippen molar-refractivity contribution in [2.75, 3.05) is 19.3 Å². The first kappa shape index (κ1) is 13.4. The Hall–Kier alpha value is -1.00. The fraction of sp³-hybridized carbons (Fsp3) is 0.500. The zero-order chi connectivity index (χ0) is 13.3. The molecule has 4 heteroatoms. The highest BCUT2D eigenvalue weighted by molar-refractivity contribution is 7.98. The van der Waals surface area contributed by atoms with Crippen molar-refractivity contribution in [1.82, 2.24) is 4.90 Å². The second-order valence-corrected chi connectivity index (χ2v) is 6.03. The highest BCUT2D eigenvalue weighted by Crippen LogP contribution is 2.29. The molecule has 98 valence electrons. The molecule has 0 spiro atoms. The highest BCUT2D eigenvalue weighted by atomic mass is 32.2. The number of hydrogen-bond donors (Lipinski definition) is 1. The lowest BCUT2D eigenvalue weighted by molar-refractivity contribution is -0.110. The molecule has 18 heavy (non-hydrogen) atoms. The summed E-state index contributed by atoms with van der Waals surface area (Å²) < 4.78 is 0.